The normalized spacial score (nSPS) is 12.2. The second-order valence-corrected chi connectivity index (χ2v) is 3.83. The first-order chi connectivity index (χ1) is 7.83. The molecule has 2 heteroatoms. The van der Waals surface area contributed by atoms with Gasteiger partial charge in [-0.1, -0.05) is 42.5 Å². The summed E-state index contributed by atoms with van der Waals surface area (Å²) < 4.78 is 0. The Labute approximate surface area is 95.5 Å². The van der Waals surface area contributed by atoms with Crippen molar-refractivity contribution in [3.8, 4) is 6.07 Å². The van der Waals surface area contributed by atoms with Crippen molar-refractivity contribution < 1.29 is 0 Å². The van der Waals surface area contributed by atoms with E-state index >= 15 is 0 Å². The summed E-state index contributed by atoms with van der Waals surface area (Å²) in [4.78, 5) is 0. The molecule has 0 aliphatic carbocycles. The molecule has 0 spiro atoms. The zero-order chi connectivity index (χ0) is 11.4. The summed E-state index contributed by atoms with van der Waals surface area (Å²) in [6, 6.07) is 16.9. The molecular weight excluding hydrogens is 196 g/mol. The predicted molar refractivity (Wildman–Crippen MR) is 66.0 cm³/mol. The van der Waals surface area contributed by atoms with E-state index in [2.05, 4.69) is 48.6 Å². The van der Waals surface area contributed by atoms with Crippen LogP contribution in [-0.2, 0) is 0 Å². The monoisotopic (exact) mass is 210 g/mol. The molecule has 0 saturated carbocycles. The van der Waals surface area contributed by atoms with Crippen molar-refractivity contribution in [3.05, 3.63) is 48.0 Å². The topological polar surface area (TPSA) is 35.8 Å². The highest BCUT2D eigenvalue weighted by molar-refractivity contribution is 5.86. The van der Waals surface area contributed by atoms with Crippen molar-refractivity contribution in [3.63, 3.8) is 0 Å². The molecule has 0 heterocycles. The van der Waals surface area contributed by atoms with Gasteiger partial charge in [-0.05, 0) is 23.3 Å². The van der Waals surface area contributed by atoms with Crippen LogP contribution >= 0.6 is 0 Å². The van der Waals surface area contributed by atoms with Crippen LogP contribution < -0.4 is 5.32 Å². The highest BCUT2D eigenvalue weighted by Gasteiger charge is 2.07. The van der Waals surface area contributed by atoms with Crippen molar-refractivity contribution in [2.45, 2.75) is 13.0 Å². The molecular formula is C14H14N2. The fraction of sp³-hybridized carbons (Fsp3) is 0.214. The average molecular weight is 210 g/mol. The molecule has 1 unspecified atom stereocenters. The number of fused-ring (bicyclic) bond motifs is 1. The van der Waals surface area contributed by atoms with Gasteiger partial charge in [0.25, 0.3) is 0 Å². The highest BCUT2D eigenvalue weighted by Crippen LogP contribution is 2.23. The molecule has 0 saturated heterocycles. The summed E-state index contributed by atoms with van der Waals surface area (Å²) in [6.45, 7) is 2.46. The van der Waals surface area contributed by atoms with E-state index < -0.39 is 0 Å². The molecule has 0 amide bonds. The van der Waals surface area contributed by atoms with E-state index in [1.54, 1.807) is 0 Å². The summed E-state index contributed by atoms with van der Waals surface area (Å²) in [7, 11) is 0. The van der Waals surface area contributed by atoms with E-state index in [1.165, 1.54) is 16.3 Å². The van der Waals surface area contributed by atoms with Crippen LogP contribution in [0.5, 0.6) is 0 Å². The maximum atomic E-state index is 8.56. The molecule has 2 nitrogen and oxygen atoms in total. The van der Waals surface area contributed by atoms with Gasteiger partial charge < -0.3 is 0 Å². The van der Waals surface area contributed by atoms with Crippen molar-refractivity contribution in [2.24, 2.45) is 0 Å². The maximum absolute atomic E-state index is 8.56. The van der Waals surface area contributed by atoms with Crippen LogP contribution in [0.2, 0.25) is 0 Å². The Morgan fingerprint density at radius 3 is 2.75 bits per heavy atom. The van der Waals surface area contributed by atoms with Gasteiger partial charge in [0.1, 0.15) is 0 Å². The summed E-state index contributed by atoms with van der Waals surface area (Å²) >= 11 is 0. The number of hydrogen-bond acceptors (Lipinski definition) is 2. The van der Waals surface area contributed by atoms with Crippen LogP contribution in [0, 0.1) is 11.3 Å². The second-order valence-electron chi connectivity index (χ2n) is 3.83. The SMILES string of the molecule is CC(NCC#N)c1cccc2ccccc12. The van der Waals surface area contributed by atoms with Crippen LogP contribution in [-0.4, -0.2) is 6.54 Å². The number of nitrogens with zero attached hydrogens (tertiary/aromatic N) is 1. The van der Waals surface area contributed by atoms with Gasteiger partial charge in [-0.2, -0.15) is 5.26 Å². The molecule has 0 radical (unpaired) electrons. The van der Waals surface area contributed by atoms with Crippen LogP contribution in [0.3, 0.4) is 0 Å². The Hall–Kier alpha value is -1.85. The third-order valence-corrected chi connectivity index (χ3v) is 2.78. The Morgan fingerprint density at radius 1 is 1.19 bits per heavy atom. The smallest absolute Gasteiger partial charge is 0.0845 e. The third-order valence-electron chi connectivity index (χ3n) is 2.78. The molecule has 0 aliphatic rings. The average Bonchev–Trinajstić information content (AvgIpc) is 2.35. The predicted octanol–water partition coefficient (Wildman–Crippen LogP) is 3.01. The van der Waals surface area contributed by atoms with Gasteiger partial charge in [-0.25, -0.2) is 0 Å². The third kappa shape index (κ3) is 2.05. The van der Waals surface area contributed by atoms with Crippen molar-refractivity contribution in [1.82, 2.24) is 5.32 Å². The molecule has 0 bridgehead atoms. The summed E-state index contributed by atoms with van der Waals surface area (Å²) in [5, 5.41) is 14.2. The fourth-order valence-electron chi connectivity index (χ4n) is 1.94. The number of nitrogens with one attached hydrogen (secondary N) is 1. The molecule has 0 aromatic heterocycles. The van der Waals surface area contributed by atoms with Gasteiger partial charge >= 0.3 is 0 Å². The van der Waals surface area contributed by atoms with Crippen molar-refractivity contribution in [2.75, 3.05) is 6.54 Å². The molecule has 80 valence electrons. The van der Waals surface area contributed by atoms with Gasteiger partial charge in [0, 0.05) is 6.04 Å². The lowest BCUT2D eigenvalue weighted by Crippen LogP contribution is -2.18. The van der Waals surface area contributed by atoms with E-state index in [-0.39, 0.29) is 6.04 Å². The summed E-state index contributed by atoms with van der Waals surface area (Å²) in [6.07, 6.45) is 0. The maximum Gasteiger partial charge on any atom is 0.0845 e. The minimum Gasteiger partial charge on any atom is -0.298 e. The van der Waals surface area contributed by atoms with Crippen molar-refractivity contribution in [1.29, 1.82) is 5.26 Å². The number of rotatable bonds is 3. The van der Waals surface area contributed by atoms with Gasteiger partial charge in [-0.3, -0.25) is 5.32 Å². The standard InChI is InChI=1S/C14H14N2/c1-11(16-10-9-15)13-8-4-6-12-5-2-3-7-14(12)13/h2-8,11,16H,10H2,1H3. The van der Waals surface area contributed by atoms with Crippen LogP contribution in [0.4, 0.5) is 0 Å². The molecule has 0 aliphatic heterocycles. The minimum absolute atomic E-state index is 0.200. The molecule has 2 aromatic rings. The molecule has 0 fully saturated rings. The van der Waals surface area contributed by atoms with Crippen LogP contribution in [0.25, 0.3) is 10.8 Å². The van der Waals surface area contributed by atoms with E-state index in [0.29, 0.717) is 6.54 Å². The molecule has 1 N–H and O–H groups in total. The Balaban J connectivity index is 2.40. The van der Waals surface area contributed by atoms with Gasteiger partial charge in [-0.15, -0.1) is 0 Å². The Morgan fingerprint density at radius 2 is 1.94 bits per heavy atom. The lowest BCUT2D eigenvalue weighted by atomic mass is 10.00. The first kappa shape index (κ1) is 10.7. The van der Waals surface area contributed by atoms with Crippen LogP contribution in [0.1, 0.15) is 18.5 Å². The molecule has 16 heavy (non-hydrogen) atoms. The van der Waals surface area contributed by atoms with E-state index in [9.17, 15) is 0 Å². The zero-order valence-corrected chi connectivity index (χ0v) is 9.27. The van der Waals surface area contributed by atoms with E-state index in [1.807, 2.05) is 12.1 Å². The summed E-state index contributed by atoms with van der Waals surface area (Å²) in [5.41, 5.74) is 1.24. The Kier molecular flexibility index (Phi) is 3.19. The number of nitriles is 1. The summed E-state index contributed by atoms with van der Waals surface area (Å²) in [5.74, 6) is 0. The first-order valence-corrected chi connectivity index (χ1v) is 5.41. The minimum atomic E-state index is 0.200. The van der Waals surface area contributed by atoms with Gasteiger partial charge in [0.15, 0.2) is 0 Å². The lowest BCUT2D eigenvalue weighted by Gasteiger charge is -2.14. The number of hydrogen-bond donors (Lipinski definition) is 1. The second kappa shape index (κ2) is 4.78. The van der Waals surface area contributed by atoms with Crippen LogP contribution in [0.15, 0.2) is 42.5 Å². The highest BCUT2D eigenvalue weighted by atomic mass is 14.9. The Bertz CT molecular complexity index is 520. The molecule has 2 aromatic carbocycles. The quantitative estimate of drug-likeness (QED) is 0.790. The lowest BCUT2D eigenvalue weighted by molar-refractivity contribution is 0.625. The van der Waals surface area contributed by atoms with Gasteiger partial charge in [0.05, 0.1) is 12.6 Å². The van der Waals surface area contributed by atoms with Gasteiger partial charge in [0.2, 0.25) is 0 Å². The van der Waals surface area contributed by atoms with E-state index in [4.69, 9.17) is 5.26 Å². The molecule has 2 rings (SSSR count). The number of benzene rings is 2. The van der Waals surface area contributed by atoms with E-state index in [0.717, 1.165) is 0 Å². The van der Waals surface area contributed by atoms with Crippen molar-refractivity contribution >= 4 is 10.8 Å². The first-order valence-electron chi connectivity index (χ1n) is 5.41. The molecule has 1 atom stereocenters. The zero-order valence-electron chi connectivity index (χ0n) is 9.27. The largest absolute Gasteiger partial charge is 0.298 e. The fourth-order valence-corrected chi connectivity index (χ4v) is 1.94.